The molecule has 0 aromatic heterocycles. The quantitative estimate of drug-likeness (QED) is 0.0240. The van der Waals surface area contributed by atoms with Crippen molar-refractivity contribution in [2.75, 3.05) is 46.2 Å². The summed E-state index contributed by atoms with van der Waals surface area (Å²) >= 11 is 0. The van der Waals surface area contributed by atoms with Gasteiger partial charge in [-0.15, -0.1) is 0 Å². The molecule has 114 heavy (non-hydrogen) atoms. The van der Waals surface area contributed by atoms with Crippen LogP contribution < -0.4 is 16.0 Å². The first-order valence-electron chi connectivity index (χ1n) is 42.0. The summed E-state index contributed by atoms with van der Waals surface area (Å²) in [6.45, 7) is 0.210. The molecule has 6 rings (SSSR count). The standard InChI is InChI=1S/C78H141N3O33/c1-5-7-9-11-13-15-17-19-20-21-22-24-26-28-30-32-34-36-54(90)81-46(47(89)35-33-31-29-27-25-23-18-16-14-12-10-8-6-2)42-103-75-67(101)64(98)71(52(41-86)109-75)113-78-68(102)72(114-74-56(80-45(4)88)61(95)70(51(40-85)108-74)112-77-66(100)63(97)58(92)49(38-83)106-77)59(93)53(110-78)43-104-73-55(79-44(3)87)60(94)69(50(39-84)107-73)111-76-65(99)62(96)57(91)48(37-82)105-76/h33,35,46-53,55-78,82-86,89,91-102H,5-32,34,36-43H2,1-4H3,(H,79,87)(H,80,88)(H,81,90)/b35-33+/t46-,47+,48?,49?,50?,51?,52?,53?,55?,56?,57-,58-,59-,60+,61+,62-,63-,64+,65?,66?,67?,68?,69+,70+,71+,72-,73+,74-,75+,76-,77-,78-/m0/s1. The van der Waals surface area contributed by atoms with E-state index in [-0.39, 0.29) is 12.3 Å². The molecule has 36 heteroatoms. The van der Waals surface area contributed by atoms with Crippen LogP contribution >= 0.6 is 0 Å². The molecule has 0 aromatic carbocycles. The van der Waals surface area contributed by atoms with Gasteiger partial charge in [0.2, 0.25) is 17.7 Å². The van der Waals surface area contributed by atoms with Crippen LogP contribution in [0.4, 0.5) is 0 Å². The summed E-state index contributed by atoms with van der Waals surface area (Å²) in [5, 5.41) is 208. The average Bonchev–Trinajstić information content (AvgIpc) is 0.771. The fourth-order valence-electron chi connectivity index (χ4n) is 15.4. The Balaban J connectivity index is 1.19. The van der Waals surface area contributed by atoms with Crippen molar-refractivity contribution in [2.24, 2.45) is 0 Å². The molecule has 36 nitrogen and oxygen atoms in total. The third-order valence-corrected chi connectivity index (χ3v) is 22.2. The van der Waals surface area contributed by atoms with Gasteiger partial charge >= 0.3 is 0 Å². The Morgan fingerprint density at radius 2 is 0.693 bits per heavy atom. The van der Waals surface area contributed by atoms with Crippen molar-refractivity contribution in [2.45, 2.75) is 417 Å². The molecule has 6 fully saturated rings. The average molecular weight is 1650 g/mol. The molecule has 0 aliphatic carbocycles. The van der Waals surface area contributed by atoms with Crippen molar-refractivity contribution in [1.29, 1.82) is 0 Å². The summed E-state index contributed by atoms with van der Waals surface area (Å²) in [6.07, 6.45) is -18.4. The minimum absolute atomic E-state index is 0.146. The highest BCUT2D eigenvalue weighted by atomic mass is 16.8. The number of hydrogen-bond donors (Lipinski definition) is 21. The van der Waals surface area contributed by atoms with Gasteiger partial charge in [-0.3, -0.25) is 14.4 Å². The third kappa shape index (κ3) is 30.8. The summed E-state index contributed by atoms with van der Waals surface area (Å²) in [7, 11) is 0. The van der Waals surface area contributed by atoms with E-state index in [9.17, 15) is 106 Å². The van der Waals surface area contributed by atoms with Gasteiger partial charge in [0.15, 0.2) is 37.7 Å². The van der Waals surface area contributed by atoms with Crippen LogP contribution in [-0.4, -0.2) is 352 Å². The number of rotatable bonds is 54. The van der Waals surface area contributed by atoms with Gasteiger partial charge in [-0.25, -0.2) is 0 Å². The minimum Gasteiger partial charge on any atom is -0.394 e. The van der Waals surface area contributed by atoms with E-state index in [0.717, 1.165) is 65.2 Å². The van der Waals surface area contributed by atoms with E-state index in [1.54, 1.807) is 6.08 Å². The SMILES string of the molecule is CCCCCCCCCCCCC/C=C/[C@@H](O)[C@H](CO[C@@H]1OC(CO)[C@@H](O[C@@H]2OC(CO[C@@H]3OC(CO)[C@@H](O[C@@H]4OC(CO)[C@H](O)[C@H](O)C4O)[C@H](O)C3NC(C)=O)[C@H](O)[C@H](O[C@@H]3OC(CO)[C@@H](O[C@@H]4OC(CO)[C@H](O)[C@H](O)C4O)[C@H](O)C3NC(C)=O)C2O)[C@H](O)C1O)NC(=O)CCCCCCCCCCCCCCCCCCC. The highest BCUT2D eigenvalue weighted by Gasteiger charge is 2.58. The molecule has 21 N–H and O–H groups in total. The van der Waals surface area contributed by atoms with E-state index in [0.29, 0.717) is 12.8 Å². The van der Waals surface area contributed by atoms with Crippen molar-refractivity contribution in [3.63, 3.8) is 0 Å². The Morgan fingerprint density at radius 3 is 1.11 bits per heavy atom. The van der Waals surface area contributed by atoms with Gasteiger partial charge in [0, 0.05) is 20.3 Å². The zero-order valence-corrected chi connectivity index (χ0v) is 67.0. The molecule has 0 bridgehead atoms. The maximum atomic E-state index is 13.7. The summed E-state index contributed by atoms with van der Waals surface area (Å²) in [4.78, 5) is 39.4. The van der Waals surface area contributed by atoms with Crippen molar-refractivity contribution in [3.8, 4) is 0 Å². The summed E-state index contributed by atoms with van der Waals surface area (Å²) < 4.78 is 71.5. The fourth-order valence-corrected chi connectivity index (χ4v) is 15.4. The molecular formula is C78H141N3O33. The highest BCUT2D eigenvalue weighted by molar-refractivity contribution is 5.76. The number of nitrogens with one attached hydrogen (secondary N) is 3. The molecule has 6 heterocycles. The molecule has 12 unspecified atom stereocenters. The first-order chi connectivity index (χ1) is 54.8. The van der Waals surface area contributed by atoms with Crippen LogP contribution in [0.3, 0.4) is 0 Å². The molecule has 6 saturated heterocycles. The number of allylic oxidation sites excluding steroid dienone is 1. The van der Waals surface area contributed by atoms with Gasteiger partial charge in [-0.1, -0.05) is 193 Å². The van der Waals surface area contributed by atoms with E-state index < -0.39 is 254 Å². The number of ether oxygens (including phenoxy) is 12. The van der Waals surface area contributed by atoms with Crippen molar-refractivity contribution in [3.05, 3.63) is 12.2 Å². The number of unbranched alkanes of at least 4 members (excludes halogenated alkanes) is 27. The van der Waals surface area contributed by atoms with Crippen LogP contribution in [-0.2, 0) is 71.2 Å². The highest BCUT2D eigenvalue weighted by Crippen LogP contribution is 2.37. The van der Waals surface area contributed by atoms with Crippen LogP contribution in [0.5, 0.6) is 0 Å². The lowest BCUT2D eigenvalue weighted by Gasteiger charge is -2.50. The molecule has 32 atom stereocenters. The number of carbonyl (C=O) groups is 3. The second kappa shape index (κ2) is 53.7. The second-order valence-electron chi connectivity index (χ2n) is 31.4. The Hall–Kier alpha value is -3.05. The summed E-state index contributed by atoms with van der Waals surface area (Å²) in [5.74, 6) is -2.05. The number of aliphatic hydroxyl groups is 18. The van der Waals surface area contributed by atoms with Crippen molar-refractivity contribution in [1.82, 2.24) is 16.0 Å². The van der Waals surface area contributed by atoms with Crippen LogP contribution in [0.2, 0.25) is 0 Å². The lowest BCUT2D eigenvalue weighted by Crippen LogP contribution is -2.70. The summed E-state index contributed by atoms with van der Waals surface area (Å²) in [6, 6.07) is -4.66. The topological polar surface area (TPSA) is 562 Å². The zero-order chi connectivity index (χ0) is 83.4. The van der Waals surface area contributed by atoms with E-state index in [1.807, 2.05) is 6.08 Å². The molecule has 6 aliphatic heterocycles. The van der Waals surface area contributed by atoms with Crippen LogP contribution in [0.1, 0.15) is 220 Å². The van der Waals surface area contributed by atoms with Gasteiger partial charge < -0.3 is 165 Å². The number of carbonyl (C=O) groups excluding carboxylic acids is 3. The van der Waals surface area contributed by atoms with E-state index in [2.05, 4.69) is 29.8 Å². The molecule has 6 aliphatic rings. The Labute approximate surface area is 669 Å². The fraction of sp³-hybridized carbons (Fsp3) is 0.936. The second-order valence-corrected chi connectivity index (χ2v) is 31.4. The van der Waals surface area contributed by atoms with Crippen LogP contribution in [0.15, 0.2) is 12.2 Å². The monoisotopic (exact) mass is 1650 g/mol. The molecule has 666 valence electrons. The first-order valence-corrected chi connectivity index (χ1v) is 42.0. The Morgan fingerprint density at radius 1 is 0.351 bits per heavy atom. The van der Waals surface area contributed by atoms with E-state index in [4.69, 9.17) is 56.8 Å². The minimum atomic E-state index is -2.32. The molecule has 0 spiro atoms. The smallest absolute Gasteiger partial charge is 0.220 e. The lowest BCUT2D eigenvalue weighted by atomic mass is 9.94. The molecule has 0 aromatic rings. The van der Waals surface area contributed by atoms with Crippen molar-refractivity contribution >= 4 is 17.7 Å². The lowest BCUT2D eigenvalue weighted by molar-refractivity contribution is -0.385. The largest absolute Gasteiger partial charge is 0.394 e. The number of hydrogen-bond acceptors (Lipinski definition) is 33. The predicted molar refractivity (Wildman–Crippen MR) is 403 cm³/mol. The summed E-state index contributed by atoms with van der Waals surface area (Å²) in [5.41, 5.74) is 0. The predicted octanol–water partition coefficient (Wildman–Crippen LogP) is -1.64. The Bertz CT molecular complexity index is 2630. The van der Waals surface area contributed by atoms with Gasteiger partial charge in [0.1, 0.15) is 146 Å². The number of amides is 3. The third-order valence-electron chi connectivity index (χ3n) is 22.2. The van der Waals surface area contributed by atoms with Gasteiger partial charge in [0.05, 0.1) is 58.4 Å². The maximum absolute atomic E-state index is 13.7. The van der Waals surface area contributed by atoms with E-state index >= 15 is 0 Å². The molecular weight excluding hydrogens is 1510 g/mol. The normalized spacial score (nSPS) is 36.8. The van der Waals surface area contributed by atoms with Gasteiger partial charge in [-0.05, 0) is 19.3 Å². The zero-order valence-electron chi connectivity index (χ0n) is 67.0. The number of aliphatic hydroxyl groups excluding tert-OH is 18. The van der Waals surface area contributed by atoms with Crippen LogP contribution in [0, 0.1) is 0 Å². The molecule has 0 radical (unpaired) electrons. The van der Waals surface area contributed by atoms with Gasteiger partial charge in [0.25, 0.3) is 0 Å². The Kier molecular flexibility index (Phi) is 47.0. The van der Waals surface area contributed by atoms with Crippen molar-refractivity contribution < 1.29 is 163 Å². The van der Waals surface area contributed by atoms with Gasteiger partial charge in [-0.2, -0.15) is 0 Å². The molecule has 0 saturated carbocycles. The van der Waals surface area contributed by atoms with E-state index in [1.165, 1.54) is 122 Å². The van der Waals surface area contributed by atoms with Crippen LogP contribution in [0.25, 0.3) is 0 Å². The maximum Gasteiger partial charge on any atom is 0.220 e. The molecule has 3 amide bonds. The first kappa shape index (κ1) is 99.8.